The molecular weight excluding hydrogens is 256 g/mol. The zero-order valence-corrected chi connectivity index (χ0v) is 11.5. The van der Waals surface area contributed by atoms with E-state index in [0.717, 1.165) is 24.0 Å². The first kappa shape index (κ1) is 13.9. The number of aromatic nitrogens is 2. The van der Waals surface area contributed by atoms with Crippen molar-refractivity contribution >= 4 is 11.6 Å². The third kappa shape index (κ3) is 2.90. The van der Waals surface area contributed by atoms with E-state index in [1.165, 1.54) is 6.20 Å². The highest BCUT2D eigenvalue weighted by molar-refractivity contribution is 5.70. The molecule has 1 aromatic carbocycles. The Balaban J connectivity index is 2.54. The molecule has 104 valence electrons. The van der Waals surface area contributed by atoms with Crippen LogP contribution in [0.5, 0.6) is 0 Å². The molecule has 0 radical (unpaired) electrons. The molecule has 0 aliphatic rings. The number of anilines is 1. The highest BCUT2D eigenvalue weighted by Gasteiger charge is 2.18. The number of rotatable bonds is 5. The number of nitrogens with one attached hydrogen (secondary N) is 1. The third-order valence-electron chi connectivity index (χ3n) is 2.93. The Morgan fingerprint density at radius 1 is 1.40 bits per heavy atom. The highest BCUT2D eigenvalue weighted by atomic mass is 16.6. The van der Waals surface area contributed by atoms with Crippen LogP contribution in [0.25, 0.3) is 11.3 Å². The molecule has 0 saturated heterocycles. The number of nitro groups is 1. The summed E-state index contributed by atoms with van der Waals surface area (Å²) in [5, 5.41) is 13.9. The number of aryl methyl sites for hydroxylation is 1. The van der Waals surface area contributed by atoms with Crippen molar-refractivity contribution in [3.05, 3.63) is 46.1 Å². The molecule has 2 rings (SSSR count). The van der Waals surface area contributed by atoms with Gasteiger partial charge in [-0.2, -0.15) is 0 Å². The van der Waals surface area contributed by atoms with Crippen LogP contribution in [0.4, 0.5) is 11.6 Å². The quantitative estimate of drug-likeness (QED) is 0.668. The summed E-state index contributed by atoms with van der Waals surface area (Å²) in [4.78, 5) is 18.8. The molecular formula is C14H16N4O2. The lowest BCUT2D eigenvalue weighted by Crippen LogP contribution is -2.01. The van der Waals surface area contributed by atoms with E-state index in [1.807, 2.05) is 24.3 Å². The van der Waals surface area contributed by atoms with E-state index in [2.05, 4.69) is 22.2 Å². The van der Waals surface area contributed by atoms with E-state index < -0.39 is 4.92 Å². The molecule has 0 bridgehead atoms. The fourth-order valence-corrected chi connectivity index (χ4v) is 2.00. The van der Waals surface area contributed by atoms with Crippen molar-refractivity contribution in [2.45, 2.75) is 19.8 Å². The van der Waals surface area contributed by atoms with Gasteiger partial charge in [-0.25, -0.2) is 9.97 Å². The summed E-state index contributed by atoms with van der Waals surface area (Å²) in [7, 11) is 1.68. The second kappa shape index (κ2) is 6.10. The second-order valence-corrected chi connectivity index (χ2v) is 4.38. The molecule has 1 heterocycles. The standard InChI is InChI=1S/C14H16N4O2/c1-3-5-10-6-4-7-11(8-10)13-12(18(19)20)9-16-14(15-2)17-13/h4,6-9H,3,5H2,1-2H3,(H,15,16,17). The van der Waals surface area contributed by atoms with Crippen molar-refractivity contribution in [2.75, 3.05) is 12.4 Å². The number of hydrogen-bond acceptors (Lipinski definition) is 5. The topological polar surface area (TPSA) is 81.0 Å². The first-order chi connectivity index (χ1) is 9.65. The highest BCUT2D eigenvalue weighted by Crippen LogP contribution is 2.28. The average molecular weight is 272 g/mol. The minimum Gasteiger partial charge on any atom is -0.357 e. The summed E-state index contributed by atoms with van der Waals surface area (Å²) in [5.74, 6) is 0.367. The van der Waals surface area contributed by atoms with E-state index in [9.17, 15) is 10.1 Å². The average Bonchev–Trinajstić information content (AvgIpc) is 2.47. The minimum atomic E-state index is -0.457. The van der Waals surface area contributed by atoms with Crippen molar-refractivity contribution in [1.29, 1.82) is 0 Å². The van der Waals surface area contributed by atoms with Crippen LogP contribution in [0.3, 0.4) is 0 Å². The molecule has 0 aliphatic heterocycles. The molecule has 0 saturated carbocycles. The van der Waals surface area contributed by atoms with Crippen LogP contribution in [-0.2, 0) is 6.42 Å². The van der Waals surface area contributed by atoms with Crippen LogP contribution >= 0.6 is 0 Å². The Bertz CT molecular complexity index is 628. The lowest BCUT2D eigenvalue weighted by Gasteiger charge is -2.06. The first-order valence-corrected chi connectivity index (χ1v) is 6.44. The van der Waals surface area contributed by atoms with Gasteiger partial charge in [0.15, 0.2) is 5.69 Å². The Labute approximate surface area is 117 Å². The van der Waals surface area contributed by atoms with Crippen LogP contribution in [0.2, 0.25) is 0 Å². The molecule has 20 heavy (non-hydrogen) atoms. The fourth-order valence-electron chi connectivity index (χ4n) is 2.00. The summed E-state index contributed by atoms with van der Waals surface area (Å²) >= 11 is 0. The van der Waals surface area contributed by atoms with E-state index >= 15 is 0 Å². The molecule has 0 amide bonds. The van der Waals surface area contributed by atoms with Crippen LogP contribution in [0.15, 0.2) is 30.5 Å². The van der Waals surface area contributed by atoms with Crippen molar-refractivity contribution in [2.24, 2.45) is 0 Å². The van der Waals surface area contributed by atoms with E-state index in [4.69, 9.17) is 0 Å². The van der Waals surface area contributed by atoms with Gasteiger partial charge in [-0.05, 0) is 18.1 Å². The van der Waals surface area contributed by atoms with Crippen molar-refractivity contribution in [3.8, 4) is 11.3 Å². The zero-order valence-electron chi connectivity index (χ0n) is 11.5. The molecule has 0 atom stereocenters. The molecule has 0 fully saturated rings. The van der Waals surface area contributed by atoms with Gasteiger partial charge in [-0.1, -0.05) is 31.5 Å². The normalized spacial score (nSPS) is 10.3. The van der Waals surface area contributed by atoms with Crippen molar-refractivity contribution in [3.63, 3.8) is 0 Å². The van der Waals surface area contributed by atoms with Crippen LogP contribution in [-0.4, -0.2) is 21.9 Å². The second-order valence-electron chi connectivity index (χ2n) is 4.38. The molecule has 6 heteroatoms. The fraction of sp³-hybridized carbons (Fsp3) is 0.286. The zero-order chi connectivity index (χ0) is 14.5. The summed E-state index contributed by atoms with van der Waals surface area (Å²) in [6.07, 6.45) is 3.20. The summed E-state index contributed by atoms with van der Waals surface area (Å²) in [5.41, 5.74) is 2.13. The van der Waals surface area contributed by atoms with Gasteiger partial charge in [-0.15, -0.1) is 0 Å². The van der Waals surface area contributed by atoms with Gasteiger partial charge < -0.3 is 5.32 Å². The number of nitrogens with zero attached hydrogens (tertiary/aromatic N) is 3. The lowest BCUT2D eigenvalue weighted by molar-refractivity contribution is -0.384. The van der Waals surface area contributed by atoms with E-state index in [1.54, 1.807) is 7.05 Å². The Kier molecular flexibility index (Phi) is 4.24. The number of benzene rings is 1. The van der Waals surface area contributed by atoms with Crippen LogP contribution in [0, 0.1) is 10.1 Å². The maximum absolute atomic E-state index is 11.1. The molecule has 2 aromatic rings. The van der Waals surface area contributed by atoms with Crippen LogP contribution in [0.1, 0.15) is 18.9 Å². The smallest absolute Gasteiger partial charge is 0.313 e. The SMILES string of the molecule is CCCc1cccc(-c2nc(NC)ncc2[N+](=O)[O-])c1. The van der Waals surface area contributed by atoms with Crippen molar-refractivity contribution in [1.82, 2.24) is 9.97 Å². The molecule has 1 aromatic heterocycles. The lowest BCUT2D eigenvalue weighted by atomic mass is 10.0. The van der Waals surface area contributed by atoms with Gasteiger partial charge in [0.2, 0.25) is 5.95 Å². The minimum absolute atomic E-state index is 0.0855. The molecule has 0 spiro atoms. The maximum Gasteiger partial charge on any atom is 0.313 e. The first-order valence-electron chi connectivity index (χ1n) is 6.44. The predicted octanol–water partition coefficient (Wildman–Crippen LogP) is 3.05. The monoisotopic (exact) mass is 272 g/mol. The predicted molar refractivity (Wildman–Crippen MR) is 77.7 cm³/mol. The Hall–Kier alpha value is -2.50. The summed E-state index contributed by atoms with van der Waals surface area (Å²) in [6, 6.07) is 7.68. The maximum atomic E-state index is 11.1. The number of hydrogen-bond donors (Lipinski definition) is 1. The van der Waals surface area contributed by atoms with Gasteiger partial charge in [-0.3, -0.25) is 10.1 Å². The molecule has 0 aliphatic carbocycles. The Morgan fingerprint density at radius 2 is 2.20 bits per heavy atom. The molecule has 0 unspecified atom stereocenters. The molecule has 6 nitrogen and oxygen atoms in total. The van der Waals surface area contributed by atoms with Gasteiger partial charge in [0, 0.05) is 12.6 Å². The van der Waals surface area contributed by atoms with Gasteiger partial charge in [0.05, 0.1) is 4.92 Å². The van der Waals surface area contributed by atoms with Crippen LogP contribution < -0.4 is 5.32 Å². The molecule has 1 N–H and O–H groups in total. The Morgan fingerprint density at radius 3 is 2.85 bits per heavy atom. The van der Waals surface area contributed by atoms with Gasteiger partial charge >= 0.3 is 5.69 Å². The summed E-state index contributed by atoms with van der Waals surface area (Å²) < 4.78 is 0. The summed E-state index contributed by atoms with van der Waals surface area (Å²) in [6.45, 7) is 2.10. The van der Waals surface area contributed by atoms with Gasteiger partial charge in [0.1, 0.15) is 6.20 Å². The largest absolute Gasteiger partial charge is 0.357 e. The van der Waals surface area contributed by atoms with E-state index in [0.29, 0.717) is 11.6 Å². The third-order valence-corrected chi connectivity index (χ3v) is 2.93. The van der Waals surface area contributed by atoms with Crippen molar-refractivity contribution < 1.29 is 4.92 Å². The van der Waals surface area contributed by atoms with Gasteiger partial charge in [0.25, 0.3) is 0 Å². The van der Waals surface area contributed by atoms with E-state index in [-0.39, 0.29) is 5.69 Å².